The highest BCUT2D eigenvalue weighted by molar-refractivity contribution is 5.99. The van der Waals surface area contributed by atoms with Gasteiger partial charge in [0.05, 0.1) is 12.5 Å². The molecule has 2 amide bonds. The molecule has 6 nitrogen and oxygen atoms in total. The number of amides is 2. The summed E-state index contributed by atoms with van der Waals surface area (Å²) in [6.45, 7) is 3.10. The summed E-state index contributed by atoms with van der Waals surface area (Å²) in [6.07, 6.45) is 0. The van der Waals surface area contributed by atoms with Gasteiger partial charge < -0.3 is 20.1 Å². The van der Waals surface area contributed by atoms with Crippen LogP contribution in [0, 0.1) is 5.82 Å². The first-order chi connectivity index (χ1) is 15.3. The number of methoxy groups -OCH3 is 1. The highest BCUT2D eigenvalue weighted by Gasteiger charge is 2.32. The number of anilines is 2. The molecule has 7 heteroatoms. The van der Waals surface area contributed by atoms with E-state index in [1.54, 1.807) is 80.6 Å². The van der Waals surface area contributed by atoms with Crippen molar-refractivity contribution in [3.8, 4) is 11.5 Å². The molecular weight excluding hydrogens is 411 g/mol. The average Bonchev–Trinajstić information content (AvgIpc) is 2.78. The van der Waals surface area contributed by atoms with Crippen LogP contribution in [0.25, 0.3) is 0 Å². The van der Waals surface area contributed by atoms with Crippen LogP contribution < -0.4 is 20.1 Å². The molecule has 166 valence electrons. The summed E-state index contributed by atoms with van der Waals surface area (Å²) in [5.74, 6) is -0.190. The van der Waals surface area contributed by atoms with Gasteiger partial charge in [-0.2, -0.15) is 0 Å². The van der Waals surface area contributed by atoms with Gasteiger partial charge in [0, 0.05) is 16.9 Å². The Morgan fingerprint density at radius 1 is 0.875 bits per heavy atom. The largest absolute Gasteiger partial charge is 0.493 e. The molecule has 0 saturated heterocycles. The maximum absolute atomic E-state index is 14.2. The molecule has 0 atom stereocenters. The molecule has 3 aromatic carbocycles. The van der Waals surface area contributed by atoms with E-state index in [2.05, 4.69) is 10.6 Å². The number of benzene rings is 3. The van der Waals surface area contributed by atoms with Crippen LogP contribution in [0.2, 0.25) is 0 Å². The van der Waals surface area contributed by atoms with Crippen molar-refractivity contribution in [2.75, 3.05) is 24.4 Å². The van der Waals surface area contributed by atoms with Crippen LogP contribution in [-0.4, -0.2) is 25.5 Å². The Bertz CT molecular complexity index is 1110. The smallest absolute Gasteiger partial charge is 0.262 e. The number of halogens is 1. The van der Waals surface area contributed by atoms with E-state index in [4.69, 9.17) is 9.47 Å². The van der Waals surface area contributed by atoms with Crippen LogP contribution in [-0.2, 0) is 15.0 Å². The molecule has 0 unspecified atom stereocenters. The minimum atomic E-state index is -1.09. The van der Waals surface area contributed by atoms with E-state index in [-0.39, 0.29) is 18.4 Å². The minimum Gasteiger partial charge on any atom is -0.493 e. The van der Waals surface area contributed by atoms with E-state index >= 15 is 0 Å². The van der Waals surface area contributed by atoms with Crippen molar-refractivity contribution in [1.82, 2.24) is 0 Å². The molecule has 0 heterocycles. The first kappa shape index (κ1) is 22.8. The zero-order valence-corrected chi connectivity index (χ0v) is 18.1. The van der Waals surface area contributed by atoms with Gasteiger partial charge in [0.15, 0.2) is 18.1 Å². The normalized spacial score (nSPS) is 10.9. The van der Waals surface area contributed by atoms with E-state index < -0.39 is 11.2 Å². The summed E-state index contributed by atoms with van der Waals surface area (Å²) >= 11 is 0. The topological polar surface area (TPSA) is 76.7 Å². The zero-order valence-electron chi connectivity index (χ0n) is 18.1. The monoisotopic (exact) mass is 436 g/mol. The summed E-state index contributed by atoms with van der Waals surface area (Å²) in [5.41, 5.74) is 0.172. The second-order valence-corrected chi connectivity index (χ2v) is 7.63. The third-order valence-corrected chi connectivity index (χ3v) is 4.95. The third-order valence-electron chi connectivity index (χ3n) is 4.95. The van der Waals surface area contributed by atoms with Gasteiger partial charge in [-0.1, -0.05) is 36.4 Å². The Morgan fingerprint density at radius 2 is 1.50 bits per heavy atom. The predicted octanol–water partition coefficient (Wildman–Crippen LogP) is 4.77. The third kappa shape index (κ3) is 5.43. The molecule has 3 rings (SSSR count). The second kappa shape index (κ2) is 9.96. The standard InChI is InChI=1S/C25H25FN2O4/c1-25(2,19-11-4-5-12-20(19)26)24(30)28-18-10-8-9-17(15-18)27-23(29)16-32-22-14-7-6-13-21(22)31-3/h4-15H,16H2,1-3H3,(H,27,29)(H,28,30). The first-order valence-electron chi connectivity index (χ1n) is 10.0. The van der Waals surface area contributed by atoms with E-state index in [1.165, 1.54) is 13.2 Å². The Hall–Kier alpha value is -3.87. The molecule has 0 bridgehead atoms. The molecule has 0 aliphatic carbocycles. The van der Waals surface area contributed by atoms with Crippen LogP contribution in [0.15, 0.2) is 72.8 Å². The van der Waals surface area contributed by atoms with Gasteiger partial charge in [-0.15, -0.1) is 0 Å². The second-order valence-electron chi connectivity index (χ2n) is 7.63. The van der Waals surface area contributed by atoms with Gasteiger partial charge >= 0.3 is 0 Å². The molecule has 3 aromatic rings. The van der Waals surface area contributed by atoms with Gasteiger partial charge in [-0.05, 0) is 50.2 Å². The van der Waals surface area contributed by atoms with E-state index in [0.717, 1.165) is 0 Å². The zero-order chi connectivity index (χ0) is 23.1. The molecule has 32 heavy (non-hydrogen) atoms. The van der Waals surface area contributed by atoms with Crippen LogP contribution in [0.5, 0.6) is 11.5 Å². The lowest BCUT2D eigenvalue weighted by molar-refractivity contribution is -0.120. The van der Waals surface area contributed by atoms with Crippen LogP contribution in [0.4, 0.5) is 15.8 Å². The van der Waals surface area contributed by atoms with Crippen LogP contribution in [0.3, 0.4) is 0 Å². The molecular formula is C25H25FN2O4. The number of ether oxygens (including phenoxy) is 2. The van der Waals surface area contributed by atoms with Gasteiger partial charge in [-0.25, -0.2) is 4.39 Å². The molecule has 0 aromatic heterocycles. The molecule has 0 aliphatic heterocycles. The van der Waals surface area contributed by atoms with Gasteiger partial charge in [-0.3, -0.25) is 9.59 Å². The van der Waals surface area contributed by atoms with Gasteiger partial charge in [0.25, 0.3) is 5.91 Å². The summed E-state index contributed by atoms with van der Waals surface area (Å²) in [7, 11) is 1.52. The summed E-state index contributed by atoms with van der Waals surface area (Å²) in [6, 6.07) is 19.9. The Kier molecular flexibility index (Phi) is 7.10. The molecule has 0 radical (unpaired) electrons. The van der Waals surface area contributed by atoms with E-state index in [1.807, 2.05) is 0 Å². The van der Waals surface area contributed by atoms with Crippen molar-refractivity contribution >= 4 is 23.2 Å². The number of nitrogens with one attached hydrogen (secondary N) is 2. The van der Waals surface area contributed by atoms with Crippen molar-refractivity contribution in [3.63, 3.8) is 0 Å². The lowest BCUT2D eigenvalue weighted by Gasteiger charge is -2.24. The van der Waals surface area contributed by atoms with Gasteiger partial charge in [0.1, 0.15) is 5.82 Å². The van der Waals surface area contributed by atoms with E-state index in [9.17, 15) is 14.0 Å². The van der Waals surface area contributed by atoms with Crippen molar-refractivity contribution in [2.45, 2.75) is 19.3 Å². The number of carbonyl (C=O) groups is 2. The van der Waals surface area contributed by atoms with Gasteiger partial charge in [0.2, 0.25) is 5.91 Å². The van der Waals surface area contributed by atoms with E-state index in [0.29, 0.717) is 28.4 Å². The summed E-state index contributed by atoms with van der Waals surface area (Å²) in [4.78, 5) is 25.1. The average molecular weight is 436 g/mol. The number of hydrogen-bond acceptors (Lipinski definition) is 4. The summed E-state index contributed by atoms with van der Waals surface area (Å²) < 4.78 is 24.9. The number of para-hydroxylation sites is 2. The SMILES string of the molecule is COc1ccccc1OCC(=O)Nc1cccc(NC(=O)C(C)(C)c2ccccc2F)c1. The predicted molar refractivity (Wildman–Crippen MR) is 122 cm³/mol. The van der Waals surface area contributed by atoms with Crippen LogP contribution in [0.1, 0.15) is 19.4 Å². The number of rotatable bonds is 8. The molecule has 0 fully saturated rings. The first-order valence-corrected chi connectivity index (χ1v) is 10.0. The Balaban J connectivity index is 1.63. The molecule has 0 saturated carbocycles. The number of carbonyl (C=O) groups excluding carboxylic acids is 2. The lowest BCUT2D eigenvalue weighted by atomic mass is 9.83. The van der Waals surface area contributed by atoms with Crippen molar-refractivity contribution in [1.29, 1.82) is 0 Å². The fraction of sp³-hybridized carbons (Fsp3) is 0.200. The highest BCUT2D eigenvalue weighted by Crippen LogP contribution is 2.28. The maximum atomic E-state index is 14.2. The Labute approximate surface area is 186 Å². The van der Waals surface area contributed by atoms with Crippen molar-refractivity contribution < 1.29 is 23.5 Å². The quantitative estimate of drug-likeness (QED) is 0.533. The van der Waals surface area contributed by atoms with Crippen LogP contribution >= 0.6 is 0 Å². The fourth-order valence-electron chi connectivity index (χ4n) is 3.13. The number of hydrogen-bond donors (Lipinski definition) is 2. The minimum absolute atomic E-state index is 0.211. The van der Waals surface area contributed by atoms with Crippen molar-refractivity contribution in [2.24, 2.45) is 0 Å². The highest BCUT2D eigenvalue weighted by atomic mass is 19.1. The molecule has 2 N–H and O–H groups in total. The lowest BCUT2D eigenvalue weighted by Crippen LogP contribution is -2.35. The summed E-state index contributed by atoms with van der Waals surface area (Å²) in [5, 5.41) is 5.52. The molecule has 0 aliphatic rings. The maximum Gasteiger partial charge on any atom is 0.262 e. The fourth-order valence-corrected chi connectivity index (χ4v) is 3.13. The van der Waals surface area contributed by atoms with Crippen molar-refractivity contribution in [3.05, 3.63) is 84.2 Å². The molecule has 0 spiro atoms. The Morgan fingerprint density at radius 3 is 2.19 bits per heavy atom.